The smallest absolute Gasteiger partial charge is 0.303 e. The molecule has 0 amide bonds. The molecular weight excluding hydrogens is 236 g/mol. The van der Waals surface area contributed by atoms with Crippen LogP contribution in [0.25, 0.3) is 0 Å². The highest BCUT2D eigenvalue weighted by molar-refractivity contribution is 5.72. The van der Waals surface area contributed by atoms with E-state index in [9.17, 15) is 9.59 Å². The maximum absolute atomic E-state index is 10.8. The number of carbonyl (C=O) groups is 2. The van der Waals surface area contributed by atoms with Gasteiger partial charge in [-0.15, -0.1) is 0 Å². The van der Waals surface area contributed by atoms with Crippen LogP contribution in [-0.4, -0.2) is 29.3 Å². The number of benzene rings is 1. The lowest BCUT2D eigenvalue weighted by molar-refractivity contribution is -0.139. The van der Waals surface area contributed by atoms with Gasteiger partial charge in [0.25, 0.3) is 0 Å². The Morgan fingerprint density at radius 1 is 1.22 bits per heavy atom. The van der Waals surface area contributed by atoms with Crippen LogP contribution < -0.4 is 4.74 Å². The third-order valence-corrected chi connectivity index (χ3v) is 2.73. The molecule has 0 aromatic heterocycles. The van der Waals surface area contributed by atoms with Crippen molar-refractivity contribution in [2.45, 2.75) is 25.7 Å². The Hall–Kier alpha value is -2.04. The van der Waals surface area contributed by atoms with E-state index >= 15 is 0 Å². The van der Waals surface area contributed by atoms with Gasteiger partial charge in [-0.2, -0.15) is 0 Å². The Bertz CT molecular complexity index is 437. The Labute approximate surface area is 105 Å². The maximum atomic E-state index is 10.8. The predicted octanol–water partition coefficient (Wildman–Crippen LogP) is 2.04. The topological polar surface area (TPSA) is 83.8 Å². The highest BCUT2D eigenvalue weighted by Gasteiger charge is 2.19. The molecule has 1 rings (SSSR count). The molecule has 0 atom stereocenters. The summed E-state index contributed by atoms with van der Waals surface area (Å²) in [5.74, 6) is -1.84. The Morgan fingerprint density at radius 3 is 2.17 bits per heavy atom. The first-order valence-corrected chi connectivity index (χ1v) is 5.52. The molecule has 0 aliphatic heterocycles. The van der Waals surface area contributed by atoms with Gasteiger partial charge in [0.05, 0.1) is 20.0 Å². The summed E-state index contributed by atoms with van der Waals surface area (Å²) in [7, 11) is 1.55. The van der Waals surface area contributed by atoms with Crippen molar-refractivity contribution in [2.24, 2.45) is 0 Å². The molecule has 0 saturated heterocycles. The molecule has 0 fully saturated rings. The van der Waals surface area contributed by atoms with Crippen molar-refractivity contribution in [3.05, 3.63) is 29.3 Å². The molecule has 0 aliphatic carbocycles. The van der Waals surface area contributed by atoms with E-state index in [-0.39, 0.29) is 12.8 Å². The normalized spacial score (nSPS) is 10.4. The van der Waals surface area contributed by atoms with Gasteiger partial charge in [0.1, 0.15) is 5.75 Å². The van der Waals surface area contributed by atoms with Gasteiger partial charge in [-0.3, -0.25) is 9.59 Å². The number of methoxy groups -OCH3 is 1. The molecule has 0 spiro atoms. The molecule has 2 N–H and O–H groups in total. The van der Waals surface area contributed by atoms with Gasteiger partial charge >= 0.3 is 11.9 Å². The van der Waals surface area contributed by atoms with Gasteiger partial charge in [-0.1, -0.05) is 12.1 Å². The summed E-state index contributed by atoms with van der Waals surface area (Å²) < 4.78 is 5.11. The second-order valence-corrected chi connectivity index (χ2v) is 4.12. The van der Waals surface area contributed by atoms with Crippen LogP contribution in [-0.2, 0) is 9.59 Å². The molecule has 1 aromatic rings. The molecule has 0 aliphatic rings. The average Bonchev–Trinajstić information content (AvgIpc) is 2.26. The van der Waals surface area contributed by atoms with Gasteiger partial charge < -0.3 is 14.9 Å². The van der Waals surface area contributed by atoms with Crippen LogP contribution in [0, 0.1) is 6.92 Å². The van der Waals surface area contributed by atoms with Gasteiger partial charge in [0.15, 0.2) is 0 Å². The van der Waals surface area contributed by atoms with Crippen molar-refractivity contribution in [3.63, 3.8) is 0 Å². The molecule has 98 valence electrons. The molecule has 0 radical (unpaired) electrons. The van der Waals surface area contributed by atoms with Crippen molar-refractivity contribution in [1.82, 2.24) is 0 Å². The zero-order chi connectivity index (χ0) is 13.7. The van der Waals surface area contributed by atoms with E-state index < -0.39 is 17.9 Å². The monoisotopic (exact) mass is 252 g/mol. The average molecular weight is 252 g/mol. The zero-order valence-electron chi connectivity index (χ0n) is 10.3. The molecule has 5 nitrogen and oxygen atoms in total. The fraction of sp³-hybridized carbons (Fsp3) is 0.385. The van der Waals surface area contributed by atoms with Crippen LogP contribution in [0.4, 0.5) is 0 Å². The van der Waals surface area contributed by atoms with E-state index in [0.29, 0.717) is 11.3 Å². The maximum Gasteiger partial charge on any atom is 0.303 e. The van der Waals surface area contributed by atoms with Crippen molar-refractivity contribution >= 4 is 11.9 Å². The summed E-state index contributed by atoms with van der Waals surface area (Å²) in [5, 5.41) is 17.6. The lowest BCUT2D eigenvalue weighted by Crippen LogP contribution is -2.11. The third kappa shape index (κ3) is 3.76. The number of aryl methyl sites for hydroxylation is 1. The van der Waals surface area contributed by atoms with E-state index in [0.717, 1.165) is 5.56 Å². The van der Waals surface area contributed by atoms with E-state index in [2.05, 4.69) is 0 Å². The number of hydrogen-bond acceptors (Lipinski definition) is 3. The summed E-state index contributed by atoms with van der Waals surface area (Å²) in [6.07, 6.45) is -0.393. The minimum Gasteiger partial charge on any atom is -0.496 e. The minimum atomic E-state index is -1.00. The first kappa shape index (κ1) is 14.0. The van der Waals surface area contributed by atoms with Gasteiger partial charge in [-0.05, 0) is 24.1 Å². The van der Waals surface area contributed by atoms with Crippen LogP contribution in [0.15, 0.2) is 18.2 Å². The molecule has 1 aromatic carbocycles. The SMILES string of the molecule is COc1ccc(C(CC(=O)O)CC(=O)O)cc1C. The van der Waals surface area contributed by atoms with E-state index in [1.165, 1.54) is 0 Å². The Morgan fingerprint density at radius 2 is 1.78 bits per heavy atom. The van der Waals surface area contributed by atoms with Gasteiger partial charge in [0, 0.05) is 5.92 Å². The first-order chi connectivity index (χ1) is 8.43. The number of rotatable bonds is 6. The predicted molar refractivity (Wildman–Crippen MR) is 65.0 cm³/mol. The first-order valence-electron chi connectivity index (χ1n) is 5.52. The highest BCUT2D eigenvalue weighted by atomic mass is 16.5. The summed E-state index contributed by atoms with van der Waals surface area (Å²) in [5.41, 5.74) is 1.56. The fourth-order valence-corrected chi connectivity index (χ4v) is 1.89. The van der Waals surface area contributed by atoms with Crippen LogP contribution in [0.1, 0.15) is 29.9 Å². The van der Waals surface area contributed by atoms with Crippen molar-refractivity contribution in [2.75, 3.05) is 7.11 Å². The van der Waals surface area contributed by atoms with Crippen LogP contribution >= 0.6 is 0 Å². The third-order valence-electron chi connectivity index (χ3n) is 2.73. The van der Waals surface area contributed by atoms with E-state index in [1.54, 1.807) is 25.3 Å². The van der Waals surface area contributed by atoms with Crippen LogP contribution in [0.5, 0.6) is 5.75 Å². The number of carboxylic acid groups (broad SMARTS) is 2. The zero-order valence-corrected chi connectivity index (χ0v) is 10.3. The number of ether oxygens (including phenoxy) is 1. The second kappa shape index (κ2) is 6.05. The molecule has 0 heterocycles. The molecule has 0 unspecified atom stereocenters. The molecule has 0 bridgehead atoms. The highest BCUT2D eigenvalue weighted by Crippen LogP contribution is 2.28. The summed E-state index contributed by atoms with van der Waals surface area (Å²) in [6, 6.07) is 5.21. The van der Waals surface area contributed by atoms with E-state index in [1.807, 2.05) is 6.92 Å². The lowest BCUT2D eigenvalue weighted by atomic mass is 9.91. The molecule has 18 heavy (non-hydrogen) atoms. The van der Waals surface area contributed by atoms with Crippen molar-refractivity contribution < 1.29 is 24.5 Å². The van der Waals surface area contributed by atoms with E-state index in [4.69, 9.17) is 14.9 Å². The van der Waals surface area contributed by atoms with Crippen molar-refractivity contribution in [3.8, 4) is 5.75 Å². The number of hydrogen-bond donors (Lipinski definition) is 2. The Balaban J connectivity index is 3.00. The Kier molecular flexibility index (Phi) is 4.71. The molecular formula is C13H16O5. The van der Waals surface area contributed by atoms with Gasteiger partial charge in [-0.25, -0.2) is 0 Å². The number of carboxylic acids is 2. The summed E-state index contributed by atoms with van der Waals surface area (Å²) >= 11 is 0. The minimum absolute atomic E-state index is 0.196. The fourth-order valence-electron chi connectivity index (χ4n) is 1.89. The lowest BCUT2D eigenvalue weighted by Gasteiger charge is -2.15. The quantitative estimate of drug-likeness (QED) is 0.809. The van der Waals surface area contributed by atoms with Crippen LogP contribution in [0.2, 0.25) is 0 Å². The molecule has 0 saturated carbocycles. The standard InChI is InChI=1S/C13H16O5/c1-8-5-9(3-4-11(8)18-2)10(6-12(14)15)7-13(16)17/h3-5,10H,6-7H2,1-2H3,(H,14,15)(H,16,17). The largest absolute Gasteiger partial charge is 0.496 e. The van der Waals surface area contributed by atoms with Gasteiger partial charge in [0.2, 0.25) is 0 Å². The summed E-state index contributed by atoms with van der Waals surface area (Å²) in [4.78, 5) is 21.5. The number of aliphatic carboxylic acids is 2. The second-order valence-electron chi connectivity index (χ2n) is 4.12. The van der Waals surface area contributed by atoms with Crippen molar-refractivity contribution in [1.29, 1.82) is 0 Å². The molecule has 5 heteroatoms. The van der Waals surface area contributed by atoms with Crippen LogP contribution in [0.3, 0.4) is 0 Å². The summed E-state index contributed by atoms with van der Waals surface area (Å²) in [6.45, 7) is 1.83.